The summed E-state index contributed by atoms with van der Waals surface area (Å²) < 4.78 is 0. The Morgan fingerprint density at radius 1 is 0.739 bits per heavy atom. The fourth-order valence-electron chi connectivity index (χ4n) is 3.18. The summed E-state index contributed by atoms with van der Waals surface area (Å²) in [6, 6.07) is 29.0. The van der Waals surface area contributed by atoms with Crippen LogP contribution in [0.25, 0.3) is 0 Å². The van der Waals surface area contributed by atoms with E-state index < -0.39 is 0 Å². The van der Waals surface area contributed by atoms with Gasteiger partial charge in [-0.15, -0.1) is 0 Å². The quantitative estimate of drug-likeness (QED) is 0.695. The molecular weight excluding hydrogens is 280 g/mol. The van der Waals surface area contributed by atoms with E-state index in [1.54, 1.807) is 0 Å². The topological polar surface area (TPSA) is 24.4 Å². The summed E-state index contributed by atoms with van der Waals surface area (Å²) in [5.74, 6) is 0. The number of aliphatic imine (C=N–C) groups is 1. The number of anilines is 1. The Hall–Kier alpha value is -2.87. The first-order chi connectivity index (χ1) is 11.3. The number of fused-ring (bicyclic) bond motifs is 1. The van der Waals surface area contributed by atoms with Crippen LogP contribution in [0.2, 0.25) is 0 Å². The largest absolute Gasteiger partial charge is 0.370 e. The van der Waals surface area contributed by atoms with E-state index in [9.17, 15) is 0 Å². The third kappa shape index (κ3) is 2.33. The third-order valence-corrected chi connectivity index (χ3v) is 4.39. The average Bonchev–Trinajstić information content (AvgIpc) is 2.90. The maximum Gasteiger partial charge on any atom is 0.103 e. The minimum absolute atomic E-state index is 0.333. The minimum Gasteiger partial charge on any atom is -0.370 e. The smallest absolute Gasteiger partial charge is 0.103 e. The van der Waals surface area contributed by atoms with Gasteiger partial charge < -0.3 is 5.32 Å². The van der Waals surface area contributed by atoms with E-state index >= 15 is 0 Å². The molecule has 112 valence electrons. The molecule has 1 N–H and O–H groups in total. The summed E-state index contributed by atoms with van der Waals surface area (Å²) >= 11 is 0. The third-order valence-electron chi connectivity index (χ3n) is 4.39. The number of nitrogens with one attached hydrogen (secondary N) is 1. The fourth-order valence-corrected chi connectivity index (χ4v) is 3.18. The molecule has 1 unspecified atom stereocenters. The van der Waals surface area contributed by atoms with Crippen LogP contribution in [-0.2, 0) is 5.54 Å². The van der Waals surface area contributed by atoms with Gasteiger partial charge in [-0.25, -0.2) is 4.99 Å². The Kier molecular flexibility index (Phi) is 3.23. The van der Waals surface area contributed by atoms with E-state index in [0.29, 0.717) is 0 Å². The van der Waals surface area contributed by atoms with Gasteiger partial charge in [0.25, 0.3) is 0 Å². The summed E-state index contributed by atoms with van der Waals surface area (Å²) in [7, 11) is 0. The van der Waals surface area contributed by atoms with Crippen molar-refractivity contribution >= 4 is 17.1 Å². The molecule has 1 aliphatic heterocycles. The van der Waals surface area contributed by atoms with Gasteiger partial charge in [0, 0.05) is 11.3 Å². The lowest BCUT2D eigenvalue weighted by Crippen LogP contribution is -2.35. The van der Waals surface area contributed by atoms with Crippen LogP contribution in [0.15, 0.2) is 89.9 Å². The SMILES string of the molecule is CC1(c2ccccc2)Nc2ccccc2C1=Nc1ccccc1. The van der Waals surface area contributed by atoms with Crippen molar-refractivity contribution in [2.45, 2.75) is 12.5 Å². The fraction of sp³-hybridized carbons (Fsp3) is 0.0952. The summed E-state index contributed by atoms with van der Waals surface area (Å²) in [6.07, 6.45) is 0. The maximum atomic E-state index is 4.98. The summed E-state index contributed by atoms with van der Waals surface area (Å²) in [5.41, 5.74) is 5.22. The van der Waals surface area contributed by atoms with Crippen LogP contribution in [0.3, 0.4) is 0 Å². The van der Waals surface area contributed by atoms with Crippen molar-refractivity contribution < 1.29 is 0 Å². The van der Waals surface area contributed by atoms with Gasteiger partial charge >= 0.3 is 0 Å². The first kappa shape index (κ1) is 13.8. The first-order valence-electron chi connectivity index (χ1n) is 7.85. The highest BCUT2D eigenvalue weighted by molar-refractivity contribution is 6.17. The molecule has 4 rings (SSSR count). The van der Waals surface area contributed by atoms with Gasteiger partial charge in [0.1, 0.15) is 5.54 Å². The predicted octanol–water partition coefficient (Wildman–Crippen LogP) is 5.15. The molecule has 23 heavy (non-hydrogen) atoms. The van der Waals surface area contributed by atoms with E-state index in [0.717, 1.165) is 17.1 Å². The van der Waals surface area contributed by atoms with Gasteiger partial charge in [-0.3, -0.25) is 0 Å². The average molecular weight is 298 g/mol. The van der Waals surface area contributed by atoms with Crippen LogP contribution in [0, 0.1) is 0 Å². The zero-order valence-corrected chi connectivity index (χ0v) is 13.0. The lowest BCUT2D eigenvalue weighted by atomic mass is 9.87. The van der Waals surface area contributed by atoms with Crippen molar-refractivity contribution in [3.05, 3.63) is 96.1 Å². The summed E-state index contributed by atoms with van der Waals surface area (Å²) in [5, 5.41) is 3.67. The molecule has 0 saturated carbocycles. The highest BCUT2D eigenvalue weighted by atomic mass is 15.0. The molecule has 0 spiro atoms. The molecule has 1 atom stereocenters. The van der Waals surface area contributed by atoms with Crippen molar-refractivity contribution in [1.29, 1.82) is 0 Å². The number of nitrogens with zero attached hydrogens (tertiary/aromatic N) is 1. The second-order valence-electron chi connectivity index (χ2n) is 5.96. The molecule has 0 fully saturated rings. The van der Waals surface area contributed by atoms with Crippen LogP contribution in [0.4, 0.5) is 11.4 Å². The number of hydrogen-bond acceptors (Lipinski definition) is 2. The molecule has 1 heterocycles. The molecule has 2 heteroatoms. The molecule has 0 aliphatic carbocycles. The van der Waals surface area contributed by atoms with Crippen LogP contribution in [-0.4, -0.2) is 5.71 Å². The van der Waals surface area contributed by atoms with Gasteiger partial charge in [0.2, 0.25) is 0 Å². The summed E-state index contributed by atoms with van der Waals surface area (Å²) in [6.45, 7) is 2.20. The zero-order valence-electron chi connectivity index (χ0n) is 13.0. The lowest BCUT2D eigenvalue weighted by molar-refractivity contribution is 0.756. The lowest BCUT2D eigenvalue weighted by Gasteiger charge is -2.27. The first-order valence-corrected chi connectivity index (χ1v) is 7.85. The molecule has 3 aromatic rings. The molecule has 1 aliphatic rings. The Labute approximate surface area is 136 Å². The zero-order chi connectivity index (χ0) is 15.7. The van der Waals surface area contributed by atoms with E-state index in [1.165, 1.54) is 11.1 Å². The molecule has 0 saturated heterocycles. The highest BCUT2D eigenvalue weighted by Crippen LogP contribution is 2.40. The van der Waals surface area contributed by atoms with Gasteiger partial charge in [-0.1, -0.05) is 66.7 Å². The van der Waals surface area contributed by atoms with Gasteiger partial charge in [0.15, 0.2) is 0 Å². The normalized spacial score (nSPS) is 21.0. The molecule has 0 radical (unpaired) electrons. The van der Waals surface area contributed by atoms with Crippen LogP contribution in [0.5, 0.6) is 0 Å². The molecular formula is C21H18N2. The maximum absolute atomic E-state index is 4.98. The van der Waals surface area contributed by atoms with E-state index in [4.69, 9.17) is 4.99 Å². The molecule has 2 nitrogen and oxygen atoms in total. The van der Waals surface area contributed by atoms with Crippen molar-refractivity contribution in [2.75, 3.05) is 5.32 Å². The van der Waals surface area contributed by atoms with Gasteiger partial charge in [-0.2, -0.15) is 0 Å². The van der Waals surface area contributed by atoms with Gasteiger partial charge in [-0.05, 0) is 30.7 Å². The molecule has 3 aromatic carbocycles. The Morgan fingerprint density at radius 2 is 1.35 bits per heavy atom. The second kappa shape index (κ2) is 5.40. The molecule has 0 amide bonds. The number of benzene rings is 3. The summed E-state index contributed by atoms with van der Waals surface area (Å²) in [4.78, 5) is 4.98. The van der Waals surface area contributed by atoms with Crippen molar-refractivity contribution in [1.82, 2.24) is 0 Å². The van der Waals surface area contributed by atoms with Crippen LogP contribution >= 0.6 is 0 Å². The van der Waals surface area contributed by atoms with E-state index in [1.807, 2.05) is 36.4 Å². The van der Waals surface area contributed by atoms with Crippen LogP contribution in [0.1, 0.15) is 18.1 Å². The molecule has 0 bridgehead atoms. The second-order valence-corrected chi connectivity index (χ2v) is 5.96. The Bertz CT molecular complexity index is 853. The Balaban J connectivity index is 1.92. The number of hydrogen-bond donors (Lipinski definition) is 1. The standard InChI is InChI=1S/C21H18N2/c1-21(16-10-4-2-5-11-16)20(22-17-12-6-3-7-13-17)18-14-8-9-15-19(18)23-21/h2-15,23H,1H3. The number of rotatable bonds is 2. The van der Waals surface area contributed by atoms with Crippen LogP contribution < -0.4 is 5.32 Å². The van der Waals surface area contributed by atoms with Crippen molar-refractivity contribution in [2.24, 2.45) is 4.99 Å². The Morgan fingerprint density at radius 3 is 2.09 bits per heavy atom. The highest BCUT2D eigenvalue weighted by Gasteiger charge is 2.40. The molecule has 0 aromatic heterocycles. The van der Waals surface area contributed by atoms with Crippen molar-refractivity contribution in [3.8, 4) is 0 Å². The number of para-hydroxylation sites is 2. The van der Waals surface area contributed by atoms with Crippen molar-refractivity contribution in [3.63, 3.8) is 0 Å². The predicted molar refractivity (Wildman–Crippen MR) is 96.5 cm³/mol. The van der Waals surface area contributed by atoms with Gasteiger partial charge in [0.05, 0.1) is 11.4 Å². The van der Waals surface area contributed by atoms with E-state index in [-0.39, 0.29) is 5.54 Å². The monoisotopic (exact) mass is 298 g/mol. The minimum atomic E-state index is -0.333. The van der Waals surface area contributed by atoms with E-state index in [2.05, 4.69) is 60.8 Å².